The fraction of sp³-hybridized carbons (Fsp3) is 0.300. The van der Waals surface area contributed by atoms with E-state index in [9.17, 15) is 25.0 Å². The van der Waals surface area contributed by atoms with Crippen molar-refractivity contribution in [2.24, 2.45) is 0 Å². The van der Waals surface area contributed by atoms with Crippen molar-refractivity contribution in [3.8, 4) is 0 Å². The van der Waals surface area contributed by atoms with Gasteiger partial charge in [0.15, 0.2) is 5.16 Å². The molecule has 2 aromatic carbocycles. The molecular weight excluding hydrogens is 422 g/mol. The quantitative estimate of drug-likeness (QED) is 0.262. The highest BCUT2D eigenvalue weighted by atomic mass is 32.2. The number of benzene rings is 2. The van der Waals surface area contributed by atoms with Crippen molar-refractivity contribution in [1.29, 1.82) is 0 Å². The number of fused-ring (bicyclic) bond motifs is 1. The normalized spacial score (nSPS) is 14.0. The van der Waals surface area contributed by atoms with Crippen molar-refractivity contribution in [2.75, 3.05) is 18.0 Å². The molecule has 3 aromatic rings. The van der Waals surface area contributed by atoms with Gasteiger partial charge in [0, 0.05) is 36.7 Å². The number of anilines is 1. The number of thioether (sulfide) groups is 1. The fourth-order valence-corrected chi connectivity index (χ4v) is 4.42. The molecule has 1 saturated heterocycles. The van der Waals surface area contributed by atoms with E-state index >= 15 is 0 Å². The lowest BCUT2D eigenvalue weighted by atomic mass is 10.1. The molecule has 10 nitrogen and oxygen atoms in total. The SMILES string of the molecule is O=c1[nH]c(SCc2cc([N+](=O)[O-])cc([N+](=O)[O-])c2)nc2ccc(N3CCCCC3)cc12. The van der Waals surface area contributed by atoms with Crippen molar-refractivity contribution in [3.63, 3.8) is 0 Å². The molecule has 0 amide bonds. The van der Waals surface area contributed by atoms with E-state index in [0.29, 0.717) is 21.6 Å². The van der Waals surface area contributed by atoms with Crippen molar-refractivity contribution >= 4 is 39.7 Å². The average molecular weight is 441 g/mol. The minimum atomic E-state index is -0.669. The van der Waals surface area contributed by atoms with Crippen LogP contribution < -0.4 is 10.5 Å². The molecule has 0 aliphatic carbocycles. The van der Waals surface area contributed by atoms with Gasteiger partial charge in [0.05, 0.1) is 26.8 Å². The summed E-state index contributed by atoms with van der Waals surface area (Å²) >= 11 is 1.15. The smallest absolute Gasteiger partial charge is 0.276 e. The van der Waals surface area contributed by atoms with E-state index in [1.165, 1.54) is 18.6 Å². The highest BCUT2D eigenvalue weighted by Gasteiger charge is 2.17. The molecule has 160 valence electrons. The first-order valence-electron chi connectivity index (χ1n) is 9.75. The Hall–Kier alpha value is -3.47. The number of aromatic nitrogens is 2. The zero-order chi connectivity index (χ0) is 22.0. The third-order valence-electron chi connectivity index (χ3n) is 5.15. The first-order valence-corrected chi connectivity index (χ1v) is 10.7. The maximum Gasteiger partial charge on any atom is 0.276 e. The molecule has 1 aromatic heterocycles. The van der Waals surface area contributed by atoms with Crippen LogP contribution in [0.15, 0.2) is 46.3 Å². The van der Waals surface area contributed by atoms with Gasteiger partial charge in [-0.05, 0) is 43.0 Å². The predicted molar refractivity (Wildman–Crippen MR) is 118 cm³/mol. The van der Waals surface area contributed by atoms with E-state index in [0.717, 1.165) is 49.4 Å². The second-order valence-corrected chi connectivity index (χ2v) is 8.24. The lowest BCUT2D eigenvalue weighted by Gasteiger charge is -2.28. The van der Waals surface area contributed by atoms with Crippen LogP contribution in [0.25, 0.3) is 10.9 Å². The third kappa shape index (κ3) is 4.66. The molecule has 0 spiro atoms. The van der Waals surface area contributed by atoms with E-state index in [-0.39, 0.29) is 22.7 Å². The van der Waals surface area contributed by atoms with Gasteiger partial charge in [-0.3, -0.25) is 25.0 Å². The van der Waals surface area contributed by atoms with Crippen molar-refractivity contribution < 1.29 is 9.85 Å². The first-order chi connectivity index (χ1) is 14.9. The van der Waals surface area contributed by atoms with Gasteiger partial charge in [-0.25, -0.2) is 4.98 Å². The molecule has 0 saturated carbocycles. The highest BCUT2D eigenvalue weighted by Crippen LogP contribution is 2.28. The molecule has 31 heavy (non-hydrogen) atoms. The molecule has 0 radical (unpaired) electrons. The standard InChI is InChI=1S/C20H19N5O5S/c26-19-17-11-14(23-6-2-1-3-7-23)4-5-18(17)21-20(22-19)31-12-13-8-15(24(27)28)10-16(9-13)25(29)30/h4-5,8-11H,1-3,6-7,12H2,(H,21,22,26). The summed E-state index contributed by atoms with van der Waals surface area (Å²) in [6, 6.07) is 9.11. The summed E-state index contributed by atoms with van der Waals surface area (Å²) in [4.78, 5) is 42.9. The summed E-state index contributed by atoms with van der Waals surface area (Å²) in [6.45, 7) is 1.94. The van der Waals surface area contributed by atoms with Crippen LogP contribution in [-0.2, 0) is 5.75 Å². The Bertz CT molecular complexity index is 1190. The van der Waals surface area contributed by atoms with E-state index in [4.69, 9.17) is 0 Å². The van der Waals surface area contributed by atoms with E-state index in [1.807, 2.05) is 18.2 Å². The van der Waals surface area contributed by atoms with Crippen LogP contribution in [0.4, 0.5) is 17.1 Å². The largest absolute Gasteiger partial charge is 0.372 e. The van der Waals surface area contributed by atoms with Crippen molar-refractivity contribution in [1.82, 2.24) is 9.97 Å². The first kappa shape index (κ1) is 20.8. The number of nitro benzene ring substituents is 2. The minimum Gasteiger partial charge on any atom is -0.372 e. The van der Waals surface area contributed by atoms with E-state index < -0.39 is 9.85 Å². The summed E-state index contributed by atoms with van der Waals surface area (Å²) in [6.07, 6.45) is 3.50. The number of nitro groups is 2. The van der Waals surface area contributed by atoms with Gasteiger partial charge in [0.2, 0.25) is 0 Å². The predicted octanol–water partition coefficient (Wildman–Crippen LogP) is 4.02. The average Bonchev–Trinajstić information content (AvgIpc) is 2.78. The molecule has 0 atom stereocenters. The minimum absolute atomic E-state index is 0.183. The second-order valence-electron chi connectivity index (χ2n) is 7.28. The van der Waals surface area contributed by atoms with Gasteiger partial charge in [0.25, 0.3) is 16.9 Å². The van der Waals surface area contributed by atoms with Crippen LogP contribution in [0.2, 0.25) is 0 Å². The van der Waals surface area contributed by atoms with E-state index in [1.54, 1.807) is 0 Å². The molecule has 11 heteroatoms. The third-order valence-corrected chi connectivity index (χ3v) is 6.09. The maximum absolute atomic E-state index is 12.6. The molecule has 1 fully saturated rings. The number of aromatic amines is 1. The zero-order valence-corrected chi connectivity index (χ0v) is 17.3. The molecule has 1 N–H and O–H groups in total. The number of non-ortho nitro benzene ring substituents is 2. The Kier molecular flexibility index (Phi) is 5.85. The lowest BCUT2D eigenvalue weighted by molar-refractivity contribution is -0.394. The summed E-state index contributed by atoms with van der Waals surface area (Å²) in [7, 11) is 0. The van der Waals surface area contributed by atoms with Crippen LogP contribution in [0.5, 0.6) is 0 Å². The maximum atomic E-state index is 12.6. The Morgan fingerprint density at radius 3 is 2.32 bits per heavy atom. The van der Waals surface area contributed by atoms with Crippen LogP contribution in [0.1, 0.15) is 24.8 Å². The molecule has 0 unspecified atom stereocenters. The Labute approximate surface area is 180 Å². The van der Waals surface area contributed by atoms with Gasteiger partial charge < -0.3 is 9.88 Å². The topological polar surface area (TPSA) is 135 Å². The van der Waals surface area contributed by atoms with Crippen LogP contribution in [0, 0.1) is 20.2 Å². The monoisotopic (exact) mass is 441 g/mol. The Morgan fingerprint density at radius 2 is 1.68 bits per heavy atom. The molecule has 1 aliphatic heterocycles. The summed E-state index contributed by atoms with van der Waals surface area (Å²) in [5, 5.41) is 22.9. The number of rotatable bonds is 6. The number of nitrogens with zero attached hydrogens (tertiary/aromatic N) is 4. The van der Waals surface area contributed by atoms with Gasteiger partial charge in [-0.2, -0.15) is 0 Å². The van der Waals surface area contributed by atoms with Gasteiger partial charge in [-0.1, -0.05) is 11.8 Å². The number of hydrogen-bond acceptors (Lipinski definition) is 8. The number of piperidine rings is 1. The van der Waals surface area contributed by atoms with Crippen molar-refractivity contribution in [2.45, 2.75) is 30.2 Å². The highest BCUT2D eigenvalue weighted by molar-refractivity contribution is 7.98. The molecule has 4 rings (SSSR count). The summed E-state index contributed by atoms with van der Waals surface area (Å²) < 4.78 is 0. The van der Waals surface area contributed by atoms with Crippen LogP contribution in [-0.4, -0.2) is 32.9 Å². The van der Waals surface area contributed by atoms with Gasteiger partial charge in [0.1, 0.15) is 0 Å². The van der Waals surface area contributed by atoms with Crippen LogP contribution >= 0.6 is 11.8 Å². The van der Waals surface area contributed by atoms with Gasteiger partial charge in [-0.15, -0.1) is 0 Å². The molecular formula is C20H19N5O5S. The van der Waals surface area contributed by atoms with E-state index in [2.05, 4.69) is 14.9 Å². The number of hydrogen-bond donors (Lipinski definition) is 1. The molecule has 0 bridgehead atoms. The Morgan fingerprint density at radius 1 is 1.00 bits per heavy atom. The summed E-state index contributed by atoms with van der Waals surface area (Å²) in [5.41, 5.74) is 0.983. The number of H-pyrrole nitrogens is 1. The van der Waals surface area contributed by atoms with Crippen LogP contribution in [0.3, 0.4) is 0 Å². The summed E-state index contributed by atoms with van der Waals surface area (Å²) in [5.74, 6) is 0.183. The lowest BCUT2D eigenvalue weighted by Crippen LogP contribution is -2.29. The molecule has 2 heterocycles. The second kappa shape index (κ2) is 8.72. The van der Waals surface area contributed by atoms with Crippen molar-refractivity contribution in [3.05, 3.63) is 72.5 Å². The molecule has 1 aliphatic rings. The zero-order valence-electron chi connectivity index (χ0n) is 16.4. The fourth-order valence-electron chi connectivity index (χ4n) is 3.62. The van der Waals surface area contributed by atoms with Gasteiger partial charge >= 0.3 is 0 Å². The Balaban J connectivity index is 1.57. The number of nitrogens with one attached hydrogen (secondary N) is 1.